The van der Waals surface area contributed by atoms with Crippen LogP contribution < -0.4 is 5.73 Å². The molecule has 0 aromatic rings. The minimum Gasteiger partial charge on any atom is -0.409 e. The molecule has 2 aliphatic rings. The fourth-order valence-corrected chi connectivity index (χ4v) is 2.72. The van der Waals surface area contributed by atoms with Crippen molar-refractivity contribution in [2.24, 2.45) is 10.9 Å². The Morgan fingerprint density at radius 3 is 2.89 bits per heavy atom. The largest absolute Gasteiger partial charge is 0.409 e. The highest BCUT2D eigenvalue weighted by Crippen LogP contribution is 2.21. The lowest BCUT2D eigenvalue weighted by molar-refractivity contribution is -0.135. The maximum Gasteiger partial charge on any atom is 0.225 e. The molecule has 0 aliphatic carbocycles. The summed E-state index contributed by atoms with van der Waals surface area (Å²) in [6.45, 7) is 1.44. The SMILES string of the molecule is NC(=NO)C1CCCCN1C(=O)CC1CCCO1. The lowest BCUT2D eigenvalue weighted by atomic mass is 10.00. The van der Waals surface area contributed by atoms with Crippen LogP contribution in [0.2, 0.25) is 0 Å². The predicted molar refractivity (Wildman–Crippen MR) is 66.4 cm³/mol. The molecule has 6 nitrogen and oxygen atoms in total. The quantitative estimate of drug-likeness (QED) is 0.336. The van der Waals surface area contributed by atoms with Crippen LogP contribution in [-0.4, -0.2) is 47.1 Å². The van der Waals surface area contributed by atoms with Gasteiger partial charge in [0.15, 0.2) is 5.84 Å². The number of rotatable bonds is 3. The maximum absolute atomic E-state index is 12.2. The van der Waals surface area contributed by atoms with Crippen LogP contribution in [0.15, 0.2) is 5.16 Å². The molecule has 2 saturated heterocycles. The molecule has 2 heterocycles. The van der Waals surface area contributed by atoms with E-state index < -0.39 is 0 Å². The van der Waals surface area contributed by atoms with E-state index in [1.807, 2.05) is 0 Å². The van der Waals surface area contributed by atoms with Gasteiger partial charge in [-0.1, -0.05) is 5.16 Å². The van der Waals surface area contributed by atoms with Gasteiger partial charge >= 0.3 is 0 Å². The minimum absolute atomic E-state index is 0.0485. The molecule has 2 rings (SSSR count). The van der Waals surface area contributed by atoms with Crippen LogP contribution in [0.4, 0.5) is 0 Å². The van der Waals surface area contributed by atoms with Gasteiger partial charge in [0.1, 0.15) is 0 Å². The number of amidine groups is 1. The van der Waals surface area contributed by atoms with E-state index in [0.29, 0.717) is 13.0 Å². The molecule has 0 aromatic heterocycles. The Labute approximate surface area is 107 Å². The third kappa shape index (κ3) is 2.93. The van der Waals surface area contributed by atoms with Gasteiger partial charge in [-0.25, -0.2) is 0 Å². The summed E-state index contributed by atoms with van der Waals surface area (Å²) in [6, 6.07) is -0.252. The van der Waals surface area contributed by atoms with Gasteiger partial charge in [-0.15, -0.1) is 0 Å². The molecule has 2 fully saturated rings. The molecule has 0 saturated carbocycles. The highest BCUT2D eigenvalue weighted by atomic mass is 16.5. The van der Waals surface area contributed by atoms with Crippen molar-refractivity contribution in [2.45, 2.75) is 50.7 Å². The van der Waals surface area contributed by atoms with Crippen molar-refractivity contribution in [1.29, 1.82) is 0 Å². The third-order valence-electron chi connectivity index (χ3n) is 3.71. The van der Waals surface area contributed by atoms with Gasteiger partial charge in [-0.2, -0.15) is 0 Å². The number of oxime groups is 1. The summed E-state index contributed by atoms with van der Waals surface area (Å²) in [5.74, 6) is 0.189. The molecule has 1 amide bonds. The first-order valence-corrected chi connectivity index (χ1v) is 6.61. The number of hydrogen-bond acceptors (Lipinski definition) is 4. The van der Waals surface area contributed by atoms with Crippen LogP contribution in [0.3, 0.4) is 0 Å². The first kappa shape index (κ1) is 13.1. The molecule has 0 spiro atoms. The van der Waals surface area contributed by atoms with E-state index in [4.69, 9.17) is 15.7 Å². The number of likely N-dealkylation sites (tertiary alicyclic amines) is 1. The Bertz CT molecular complexity index is 327. The van der Waals surface area contributed by atoms with Crippen molar-refractivity contribution in [3.63, 3.8) is 0 Å². The van der Waals surface area contributed by atoms with E-state index in [1.165, 1.54) is 0 Å². The van der Waals surface area contributed by atoms with E-state index in [-0.39, 0.29) is 23.9 Å². The summed E-state index contributed by atoms with van der Waals surface area (Å²) in [6.07, 6.45) is 5.20. The van der Waals surface area contributed by atoms with Crippen molar-refractivity contribution in [1.82, 2.24) is 4.90 Å². The average molecular weight is 255 g/mol. The molecule has 0 radical (unpaired) electrons. The number of amides is 1. The molecule has 2 aliphatic heterocycles. The second-order valence-electron chi connectivity index (χ2n) is 4.96. The van der Waals surface area contributed by atoms with Gasteiger partial charge in [0, 0.05) is 13.2 Å². The van der Waals surface area contributed by atoms with Crippen LogP contribution >= 0.6 is 0 Å². The van der Waals surface area contributed by atoms with E-state index in [1.54, 1.807) is 4.90 Å². The first-order chi connectivity index (χ1) is 8.72. The van der Waals surface area contributed by atoms with Crippen molar-refractivity contribution in [3.05, 3.63) is 0 Å². The summed E-state index contributed by atoms with van der Waals surface area (Å²) in [5, 5.41) is 11.8. The monoisotopic (exact) mass is 255 g/mol. The molecule has 6 heteroatoms. The summed E-state index contributed by atoms with van der Waals surface area (Å²) in [5.41, 5.74) is 5.66. The van der Waals surface area contributed by atoms with Gasteiger partial charge in [0.2, 0.25) is 5.91 Å². The third-order valence-corrected chi connectivity index (χ3v) is 3.71. The summed E-state index contributed by atoms with van der Waals surface area (Å²) < 4.78 is 5.48. The molecular formula is C12H21N3O3. The molecular weight excluding hydrogens is 234 g/mol. The molecule has 0 bridgehead atoms. The van der Waals surface area contributed by atoms with E-state index in [9.17, 15) is 4.79 Å². The van der Waals surface area contributed by atoms with Gasteiger partial charge < -0.3 is 20.6 Å². The predicted octanol–water partition coefficient (Wildman–Crippen LogP) is 0.683. The maximum atomic E-state index is 12.2. The fraction of sp³-hybridized carbons (Fsp3) is 0.833. The zero-order chi connectivity index (χ0) is 13.0. The smallest absolute Gasteiger partial charge is 0.225 e. The fourth-order valence-electron chi connectivity index (χ4n) is 2.72. The average Bonchev–Trinajstić information content (AvgIpc) is 2.90. The molecule has 2 atom stereocenters. The Morgan fingerprint density at radius 2 is 2.22 bits per heavy atom. The van der Waals surface area contributed by atoms with Crippen LogP contribution in [0.1, 0.15) is 38.5 Å². The molecule has 0 aromatic carbocycles. The highest BCUT2D eigenvalue weighted by molar-refractivity contribution is 5.90. The molecule has 3 N–H and O–H groups in total. The van der Waals surface area contributed by atoms with Gasteiger partial charge in [0.05, 0.1) is 18.6 Å². The second-order valence-corrected chi connectivity index (χ2v) is 4.96. The van der Waals surface area contributed by atoms with Crippen LogP contribution in [-0.2, 0) is 9.53 Å². The van der Waals surface area contributed by atoms with Crippen molar-refractivity contribution in [3.8, 4) is 0 Å². The van der Waals surface area contributed by atoms with Gasteiger partial charge in [-0.05, 0) is 32.1 Å². The van der Waals surface area contributed by atoms with Gasteiger partial charge in [0.25, 0.3) is 0 Å². The Kier molecular flexibility index (Phi) is 4.41. The summed E-state index contributed by atoms with van der Waals surface area (Å²) in [7, 11) is 0. The Morgan fingerprint density at radius 1 is 1.39 bits per heavy atom. The zero-order valence-corrected chi connectivity index (χ0v) is 10.5. The number of carbonyl (C=O) groups is 1. The summed E-state index contributed by atoms with van der Waals surface area (Å²) in [4.78, 5) is 14.0. The van der Waals surface area contributed by atoms with E-state index in [2.05, 4.69) is 5.16 Å². The first-order valence-electron chi connectivity index (χ1n) is 6.61. The summed E-state index contributed by atoms with van der Waals surface area (Å²) >= 11 is 0. The van der Waals surface area contributed by atoms with Crippen LogP contribution in [0.25, 0.3) is 0 Å². The Balaban J connectivity index is 1.96. The van der Waals surface area contributed by atoms with E-state index in [0.717, 1.165) is 38.7 Å². The standard InChI is InChI=1S/C12H21N3O3/c13-12(14-17)10-5-1-2-6-15(10)11(16)8-9-4-3-7-18-9/h9-10,17H,1-8H2,(H2,13,14). The number of hydrogen-bond donors (Lipinski definition) is 2. The second kappa shape index (κ2) is 6.04. The molecule has 102 valence electrons. The van der Waals surface area contributed by atoms with Crippen molar-refractivity contribution < 1.29 is 14.7 Å². The number of nitrogens with two attached hydrogens (primary N) is 1. The highest BCUT2D eigenvalue weighted by Gasteiger charge is 2.31. The van der Waals surface area contributed by atoms with Crippen LogP contribution in [0.5, 0.6) is 0 Å². The van der Waals surface area contributed by atoms with Crippen molar-refractivity contribution in [2.75, 3.05) is 13.2 Å². The number of carbonyl (C=O) groups excluding carboxylic acids is 1. The lowest BCUT2D eigenvalue weighted by Gasteiger charge is -2.35. The number of nitrogens with zero attached hydrogens (tertiary/aromatic N) is 2. The normalized spacial score (nSPS) is 29.6. The topological polar surface area (TPSA) is 88.2 Å². The minimum atomic E-state index is -0.252. The molecule has 2 unspecified atom stereocenters. The zero-order valence-electron chi connectivity index (χ0n) is 10.5. The van der Waals surface area contributed by atoms with Crippen LogP contribution in [0, 0.1) is 0 Å². The lowest BCUT2D eigenvalue weighted by Crippen LogP contribution is -2.51. The number of ether oxygens (including phenoxy) is 1. The Hall–Kier alpha value is -1.30. The molecule has 18 heavy (non-hydrogen) atoms. The van der Waals surface area contributed by atoms with Crippen molar-refractivity contribution >= 4 is 11.7 Å². The van der Waals surface area contributed by atoms with E-state index >= 15 is 0 Å². The van der Waals surface area contributed by atoms with Gasteiger partial charge in [-0.3, -0.25) is 4.79 Å². The number of piperidine rings is 1.